The van der Waals surface area contributed by atoms with E-state index in [-0.39, 0.29) is 5.25 Å². The summed E-state index contributed by atoms with van der Waals surface area (Å²) >= 11 is 0. The van der Waals surface area contributed by atoms with Gasteiger partial charge in [-0.15, -0.1) is 0 Å². The summed E-state index contributed by atoms with van der Waals surface area (Å²) in [5.74, 6) is 0.876. The van der Waals surface area contributed by atoms with Gasteiger partial charge >= 0.3 is 0 Å². The number of hydrogen-bond acceptors (Lipinski definition) is 4. The molecule has 18 heavy (non-hydrogen) atoms. The second-order valence-electron chi connectivity index (χ2n) is 4.74. The Labute approximate surface area is 107 Å². The lowest BCUT2D eigenvalue weighted by molar-refractivity contribution is 0.383. The first-order valence-electron chi connectivity index (χ1n) is 6.24. The third-order valence-corrected chi connectivity index (χ3v) is 5.86. The van der Waals surface area contributed by atoms with Gasteiger partial charge in [-0.3, -0.25) is 0 Å². The molecule has 97 valence electrons. The highest BCUT2D eigenvalue weighted by molar-refractivity contribution is 7.90. The largest absolute Gasteiger partial charge is 0.354 e. The first-order chi connectivity index (χ1) is 8.68. The van der Waals surface area contributed by atoms with Crippen molar-refractivity contribution in [3.05, 3.63) is 24.4 Å². The molecule has 1 saturated heterocycles. The molecule has 0 amide bonds. The first kappa shape index (κ1) is 11.9. The van der Waals surface area contributed by atoms with E-state index in [0.29, 0.717) is 26.2 Å². The SMILES string of the molecule is O=S(=O)(C1CC1)N1CCN(c2c[c]ccn2)CC1. The van der Waals surface area contributed by atoms with Crippen LogP contribution in [0.4, 0.5) is 5.82 Å². The number of hydrogen-bond donors (Lipinski definition) is 0. The molecule has 0 unspecified atom stereocenters. The molecule has 5 nitrogen and oxygen atoms in total. The fraction of sp³-hybridized carbons (Fsp3) is 0.583. The van der Waals surface area contributed by atoms with Gasteiger partial charge in [0, 0.05) is 32.4 Å². The molecule has 1 aliphatic heterocycles. The predicted octanol–water partition coefficient (Wildman–Crippen LogP) is 0.496. The van der Waals surface area contributed by atoms with E-state index in [0.717, 1.165) is 18.7 Å². The number of anilines is 1. The average molecular weight is 266 g/mol. The van der Waals surface area contributed by atoms with Crippen molar-refractivity contribution < 1.29 is 8.42 Å². The smallest absolute Gasteiger partial charge is 0.217 e. The Hall–Kier alpha value is -1.14. The summed E-state index contributed by atoms with van der Waals surface area (Å²) in [6, 6.07) is 6.59. The average Bonchev–Trinajstić information content (AvgIpc) is 3.25. The van der Waals surface area contributed by atoms with Crippen molar-refractivity contribution in [1.29, 1.82) is 0 Å². The van der Waals surface area contributed by atoms with Gasteiger partial charge in [0.1, 0.15) is 5.82 Å². The van der Waals surface area contributed by atoms with Crippen LogP contribution in [0, 0.1) is 6.07 Å². The molecule has 1 aliphatic carbocycles. The molecule has 1 aromatic rings. The second kappa shape index (κ2) is 4.51. The highest BCUT2D eigenvalue weighted by Crippen LogP contribution is 2.31. The number of aromatic nitrogens is 1. The van der Waals surface area contributed by atoms with Crippen LogP contribution in [0.3, 0.4) is 0 Å². The Morgan fingerprint density at radius 3 is 2.50 bits per heavy atom. The minimum absolute atomic E-state index is 0.104. The summed E-state index contributed by atoms with van der Waals surface area (Å²) in [4.78, 5) is 6.37. The van der Waals surface area contributed by atoms with Crippen molar-refractivity contribution in [1.82, 2.24) is 9.29 Å². The van der Waals surface area contributed by atoms with Crippen molar-refractivity contribution in [2.24, 2.45) is 0 Å². The van der Waals surface area contributed by atoms with Gasteiger partial charge in [0.15, 0.2) is 0 Å². The minimum atomic E-state index is -3.02. The van der Waals surface area contributed by atoms with Crippen LogP contribution in [-0.2, 0) is 10.0 Å². The Balaban J connectivity index is 1.65. The van der Waals surface area contributed by atoms with Crippen LogP contribution < -0.4 is 4.90 Å². The van der Waals surface area contributed by atoms with Crippen LogP contribution in [-0.4, -0.2) is 49.1 Å². The maximum atomic E-state index is 12.1. The standard InChI is InChI=1S/C12H16N3O2S/c16-18(17,11-4-5-11)15-9-7-14(8-10-15)12-3-1-2-6-13-12/h2-3,6,11H,4-5,7-10H2. The summed E-state index contributed by atoms with van der Waals surface area (Å²) in [5.41, 5.74) is 0. The Kier molecular flexibility index (Phi) is 2.99. The van der Waals surface area contributed by atoms with Gasteiger partial charge < -0.3 is 4.90 Å². The van der Waals surface area contributed by atoms with Gasteiger partial charge in [-0.25, -0.2) is 13.4 Å². The lowest BCUT2D eigenvalue weighted by Crippen LogP contribution is -2.49. The topological polar surface area (TPSA) is 53.5 Å². The monoisotopic (exact) mass is 266 g/mol. The lowest BCUT2D eigenvalue weighted by Gasteiger charge is -2.34. The molecule has 3 rings (SSSR count). The molecule has 6 heteroatoms. The van der Waals surface area contributed by atoms with Gasteiger partial charge in [0.2, 0.25) is 10.0 Å². The quantitative estimate of drug-likeness (QED) is 0.799. The zero-order valence-corrected chi connectivity index (χ0v) is 10.9. The van der Waals surface area contributed by atoms with Crippen LogP contribution in [0.1, 0.15) is 12.8 Å². The Bertz CT molecular complexity index is 505. The summed E-state index contributed by atoms with van der Waals surface area (Å²) in [6.07, 6.45) is 3.37. The summed E-state index contributed by atoms with van der Waals surface area (Å²) in [7, 11) is -3.02. The van der Waals surface area contributed by atoms with E-state index < -0.39 is 10.0 Å². The first-order valence-corrected chi connectivity index (χ1v) is 7.74. The Morgan fingerprint density at radius 2 is 1.94 bits per heavy atom. The fourth-order valence-corrected chi connectivity index (χ4v) is 4.06. The maximum absolute atomic E-state index is 12.1. The van der Waals surface area contributed by atoms with Crippen molar-refractivity contribution in [3.8, 4) is 0 Å². The van der Waals surface area contributed by atoms with E-state index in [9.17, 15) is 8.42 Å². The molecule has 1 radical (unpaired) electrons. The van der Waals surface area contributed by atoms with E-state index in [2.05, 4.69) is 16.0 Å². The van der Waals surface area contributed by atoms with Gasteiger partial charge in [-0.2, -0.15) is 4.31 Å². The number of sulfonamides is 1. The normalized spacial score (nSPS) is 22.1. The van der Waals surface area contributed by atoms with E-state index in [1.54, 1.807) is 16.6 Å². The third kappa shape index (κ3) is 2.22. The van der Waals surface area contributed by atoms with Gasteiger partial charge in [0.05, 0.1) is 5.25 Å². The summed E-state index contributed by atoms with van der Waals surface area (Å²) in [5, 5.41) is -0.104. The molecule has 0 N–H and O–H groups in total. The summed E-state index contributed by atoms with van der Waals surface area (Å²) in [6.45, 7) is 2.54. The zero-order chi connectivity index (χ0) is 12.6. The number of pyridine rings is 1. The van der Waals surface area contributed by atoms with Crippen molar-refractivity contribution >= 4 is 15.8 Å². The number of rotatable bonds is 3. The molecule has 0 atom stereocenters. The maximum Gasteiger partial charge on any atom is 0.217 e. The van der Waals surface area contributed by atoms with E-state index >= 15 is 0 Å². The van der Waals surface area contributed by atoms with Crippen LogP contribution in [0.2, 0.25) is 0 Å². The van der Waals surface area contributed by atoms with E-state index in [4.69, 9.17) is 0 Å². The predicted molar refractivity (Wildman–Crippen MR) is 68.8 cm³/mol. The molecule has 2 fully saturated rings. The molecular weight excluding hydrogens is 250 g/mol. The molecule has 1 saturated carbocycles. The van der Waals surface area contributed by atoms with Crippen LogP contribution >= 0.6 is 0 Å². The van der Waals surface area contributed by atoms with Crippen LogP contribution in [0.25, 0.3) is 0 Å². The highest BCUT2D eigenvalue weighted by atomic mass is 32.2. The minimum Gasteiger partial charge on any atom is -0.354 e. The fourth-order valence-electron chi connectivity index (χ4n) is 2.24. The van der Waals surface area contributed by atoms with Crippen LogP contribution in [0.5, 0.6) is 0 Å². The van der Waals surface area contributed by atoms with Crippen LogP contribution in [0.15, 0.2) is 18.3 Å². The van der Waals surface area contributed by atoms with E-state index in [1.165, 1.54) is 0 Å². The zero-order valence-electron chi connectivity index (χ0n) is 10.1. The highest BCUT2D eigenvalue weighted by Gasteiger charge is 2.40. The molecule has 0 aromatic carbocycles. The molecule has 0 spiro atoms. The Morgan fingerprint density at radius 1 is 1.22 bits per heavy atom. The van der Waals surface area contributed by atoms with Gasteiger partial charge in [-0.1, -0.05) is 0 Å². The second-order valence-corrected chi connectivity index (χ2v) is 6.96. The van der Waals surface area contributed by atoms with Crippen molar-refractivity contribution in [2.75, 3.05) is 31.1 Å². The summed E-state index contributed by atoms with van der Waals surface area (Å²) < 4.78 is 25.8. The van der Waals surface area contributed by atoms with E-state index in [1.807, 2.05) is 6.07 Å². The molecular formula is C12H16N3O2S. The third-order valence-electron chi connectivity index (χ3n) is 3.46. The molecule has 1 aromatic heterocycles. The number of nitrogens with zero attached hydrogens (tertiary/aromatic N) is 3. The van der Waals surface area contributed by atoms with Gasteiger partial charge in [-0.05, 0) is 31.0 Å². The van der Waals surface area contributed by atoms with Crippen molar-refractivity contribution in [3.63, 3.8) is 0 Å². The molecule has 0 bridgehead atoms. The van der Waals surface area contributed by atoms with Gasteiger partial charge in [0.25, 0.3) is 0 Å². The molecule has 2 aliphatic rings. The molecule has 2 heterocycles. The number of piperazine rings is 1. The van der Waals surface area contributed by atoms with Crippen molar-refractivity contribution in [2.45, 2.75) is 18.1 Å². The lowest BCUT2D eigenvalue weighted by atomic mass is 10.3.